The largest absolute Gasteiger partial charge is 0.298 e. The van der Waals surface area contributed by atoms with Crippen LogP contribution in [0.1, 0.15) is 49.9 Å². The second-order valence-electron chi connectivity index (χ2n) is 9.34. The molecule has 5 heterocycles. The van der Waals surface area contributed by atoms with E-state index in [1.165, 1.54) is 12.8 Å². The maximum atomic E-state index is 13.3. The molecule has 32 heavy (non-hydrogen) atoms. The van der Waals surface area contributed by atoms with Gasteiger partial charge in [0, 0.05) is 12.1 Å². The van der Waals surface area contributed by atoms with E-state index in [1.54, 1.807) is 15.4 Å². The Morgan fingerprint density at radius 2 is 2.00 bits per heavy atom. The first-order valence-electron chi connectivity index (χ1n) is 11.4. The maximum absolute atomic E-state index is 13.3. The lowest BCUT2D eigenvalue weighted by molar-refractivity contribution is 0.0969. The highest BCUT2D eigenvalue weighted by molar-refractivity contribution is 5.79. The molecule has 0 bridgehead atoms. The lowest BCUT2D eigenvalue weighted by Crippen LogP contribution is -2.46. The zero-order valence-electron chi connectivity index (χ0n) is 18.7. The molecule has 1 saturated carbocycles. The first-order valence-corrected chi connectivity index (χ1v) is 11.4. The summed E-state index contributed by atoms with van der Waals surface area (Å²) in [5, 5.41) is 9.85. The van der Waals surface area contributed by atoms with Gasteiger partial charge in [-0.3, -0.25) is 9.69 Å². The fourth-order valence-electron chi connectivity index (χ4n) is 5.40. The first kappa shape index (κ1) is 19.5. The molecule has 164 valence electrons. The van der Waals surface area contributed by atoms with Crippen molar-refractivity contribution in [1.29, 1.82) is 0 Å². The van der Waals surface area contributed by atoms with Crippen LogP contribution in [0.15, 0.2) is 35.4 Å². The number of aromatic nitrogens is 6. The highest BCUT2D eigenvalue weighted by Crippen LogP contribution is 2.50. The number of fused-ring (bicyclic) bond motifs is 2. The average Bonchev–Trinajstić information content (AvgIpc) is 3.43. The van der Waals surface area contributed by atoms with Crippen LogP contribution in [-0.2, 0) is 0 Å². The van der Waals surface area contributed by atoms with Gasteiger partial charge in [-0.15, -0.1) is 0 Å². The van der Waals surface area contributed by atoms with Gasteiger partial charge in [-0.1, -0.05) is 6.92 Å². The fourth-order valence-corrected chi connectivity index (χ4v) is 5.40. The Morgan fingerprint density at radius 3 is 2.78 bits per heavy atom. The Hall–Kier alpha value is -3.13. The highest BCUT2D eigenvalue weighted by Gasteiger charge is 2.51. The molecule has 8 heteroatoms. The Kier molecular flexibility index (Phi) is 4.24. The summed E-state index contributed by atoms with van der Waals surface area (Å²) in [4.78, 5) is 25.1. The summed E-state index contributed by atoms with van der Waals surface area (Å²) >= 11 is 0. The molecule has 0 aromatic carbocycles. The number of hydrogen-bond donors (Lipinski definition) is 0. The van der Waals surface area contributed by atoms with Gasteiger partial charge in [0.25, 0.3) is 5.56 Å². The van der Waals surface area contributed by atoms with E-state index in [-0.39, 0.29) is 11.6 Å². The number of pyridine rings is 1. The Bertz CT molecular complexity index is 1420. The minimum atomic E-state index is -0.0443. The molecule has 1 saturated heterocycles. The fraction of sp³-hybridized carbons (Fsp3) is 0.458. The standard InChI is InChI=1S/C24H27N7O/c1-4-29-10-7-17(12-24(29)8-9-24)31-23(32)18-5-6-19(27-21(18)13-25-31)20-11-15(2)22-26-16(3)14-30(22)28-20/h5-6,11,13-14,17H,4,7-10,12H2,1-3H3/t17-/m0/s1. The van der Waals surface area contributed by atoms with Crippen molar-refractivity contribution in [1.82, 2.24) is 34.3 Å². The van der Waals surface area contributed by atoms with Crippen LogP contribution in [0, 0.1) is 13.8 Å². The molecule has 6 rings (SSSR count). The third kappa shape index (κ3) is 2.97. The Balaban J connectivity index is 1.37. The smallest absolute Gasteiger partial charge is 0.276 e. The summed E-state index contributed by atoms with van der Waals surface area (Å²) in [5.74, 6) is 0. The third-order valence-corrected chi connectivity index (χ3v) is 7.23. The summed E-state index contributed by atoms with van der Waals surface area (Å²) in [6, 6.07) is 5.90. The van der Waals surface area contributed by atoms with Gasteiger partial charge in [0.2, 0.25) is 0 Å². The van der Waals surface area contributed by atoms with Crippen molar-refractivity contribution in [3.63, 3.8) is 0 Å². The summed E-state index contributed by atoms with van der Waals surface area (Å²) in [6.07, 6.45) is 8.09. The van der Waals surface area contributed by atoms with Crippen molar-refractivity contribution >= 4 is 16.6 Å². The molecular formula is C24H27N7O. The SMILES string of the molecule is CCN1CC[C@H](n2ncc3nc(-c4cc(C)c5nc(C)cn5n4)ccc3c2=O)CC12CC2. The van der Waals surface area contributed by atoms with Gasteiger partial charge in [-0.25, -0.2) is 19.2 Å². The van der Waals surface area contributed by atoms with E-state index >= 15 is 0 Å². The molecule has 4 aromatic heterocycles. The van der Waals surface area contributed by atoms with E-state index in [9.17, 15) is 4.79 Å². The summed E-state index contributed by atoms with van der Waals surface area (Å²) in [5.41, 5.74) is 5.14. The summed E-state index contributed by atoms with van der Waals surface area (Å²) in [6.45, 7) is 8.32. The monoisotopic (exact) mass is 429 g/mol. The second-order valence-corrected chi connectivity index (χ2v) is 9.34. The third-order valence-electron chi connectivity index (χ3n) is 7.23. The van der Waals surface area contributed by atoms with Crippen LogP contribution >= 0.6 is 0 Å². The second kappa shape index (κ2) is 6.93. The van der Waals surface area contributed by atoms with E-state index in [2.05, 4.69) is 27.0 Å². The molecule has 2 aliphatic rings. The first-order chi connectivity index (χ1) is 15.5. The molecule has 1 aliphatic heterocycles. The van der Waals surface area contributed by atoms with Gasteiger partial charge in [0.05, 0.1) is 40.7 Å². The number of hydrogen-bond acceptors (Lipinski definition) is 6. The van der Waals surface area contributed by atoms with Crippen molar-refractivity contribution in [3.8, 4) is 11.4 Å². The van der Waals surface area contributed by atoms with Gasteiger partial charge >= 0.3 is 0 Å². The zero-order valence-corrected chi connectivity index (χ0v) is 18.7. The number of rotatable bonds is 3. The Morgan fingerprint density at radius 1 is 1.16 bits per heavy atom. The van der Waals surface area contributed by atoms with Gasteiger partial charge in [0.1, 0.15) is 5.69 Å². The van der Waals surface area contributed by atoms with Crippen molar-refractivity contribution < 1.29 is 0 Å². The molecule has 4 aromatic rings. The number of piperidine rings is 1. The number of likely N-dealkylation sites (tertiary alicyclic amines) is 1. The molecule has 8 nitrogen and oxygen atoms in total. The van der Waals surface area contributed by atoms with Crippen molar-refractivity contribution in [2.45, 2.75) is 58.0 Å². The topological polar surface area (TPSA) is 81.2 Å². The molecule has 0 N–H and O–H groups in total. The molecule has 2 fully saturated rings. The van der Waals surface area contributed by atoms with Crippen molar-refractivity contribution in [3.05, 3.63) is 52.2 Å². The molecule has 0 radical (unpaired) electrons. The van der Waals surface area contributed by atoms with E-state index in [0.717, 1.165) is 54.2 Å². The van der Waals surface area contributed by atoms with Crippen LogP contribution in [0.4, 0.5) is 0 Å². The molecule has 1 atom stereocenters. The zero-order chi connectivity index (χ0) is 22.0. The van der Waals surface area contributed by atoms with Gasteiger partial charge in [0.15, 0.2) is 5.65 Å². The average molecular weight is 430 g/mol. The number of nitrogens with zero attached hydrogens (tertiary/aromatic N) is 7. The van der Waals surface area contributed by atoms with E-state index in [4.69, 9.17) is 4.98 Å². The normalized spacial score (nSPS) is 20.4. The van der Waals surface area contributed by atoms with E-state index in [1.807, 2.05) is 38.2 Å². The molecule has 0 amide bonds. The molecule has 0 unspecified atom stereocenters. The molecule has 1 aliphatic carbocycles. The quantitative estimate of drug-likeness (QED) is 0.497. The highest BCUT2D eigenvalue weighted by atomic mass is 16.1. The van der Waals surface area contributed by atoms with Crippen LogP contribution in [-0.4, -0.2) is 52.9 Å². The van der Waals surface area contributed by atoms with E-state index in [0.29, 0.717) is 16.4 Å². The number of aryl methyl sites for hydroxylation is 2. The van der Waals surface area contributed by atoms with Gasteiger partial charge < -0.3 is 0 Å². The molecular weight excluding hydrogens is 402 g/mol. The van der Waals surface area contributed by atoms with E-state index < -0.39 is 0 Å². The maximum Gasteiger partial charge on any atom is 0.276 e. The van der Waals surface area contributed by atoms with Gasteiger partial charge in [-0.05, 0) is 69.8 Å². The summed E-state index contributed by atoms with van der Waals surface area (Å²) in [7, 11) is 0. The molecule has 1 spiro atoms. The van der Waals surface area contributed by atoms with Crippen molar-refractivity contribution in [2.24, 2.45) is 0 Å². The van der Waals surface area contributed by atoms with Crippen LogP contribution in [0.2, 0.25) is 0 Å². The van der Waals surface area contributed by atoms with Gasteiger partial charge in [-0.2, -0.15) is 10.2 Å². The van der Waals surface area contributed by atoms with Crippen molar-refractivity contribution in [2.75, 3.05) is 13.1 Å². The van der Waals surface area contributed by atoms with Crippen LogP contribution in [0.25, 0.3) is 27.9 Å². The minimum Gasteiger partial charge on any atom is -0.298 e. The minimum absolute atomic E-state index is 0.0443. The summed E-state index contributed by atoms with van der Waals surface area (Å²) < 4.78 is 3.50. The predicted molar refractivity (Wildman–Crippen MR) is 123 cm³/mol. The van der Waals surface area contributed by atoms with Crippen LogP contribution < -0.4 is 5.56 Å². The van der Waals surface area contributed by atoms with Crippen LogP contribution in [0.5, 0.6) is 0 Å². The Labute approximate surface area is 185 Å². The predicted octanol–water partition coefficient (Wildman–Crippen LogP) is 3.31. The number of imidazole rings is 1. The van der Waals surface area contributed by atoms with Crippen LogP contribution in [0.3, 0.4) is 0 Å². The lowest BCUT2D eigenvalue weighted by Gasteiger charge is -2.39. The lowest BCUT2D eigenvalue weighted by atomic mass is 9.95.